The normalized spacial score (nSPS) is 10.2. The van der Waals surface area contributed by atoms with Crippen molar-refractivity contribution in [2.45, 2.75) is 20.3 Å². The molecule has 1 aromatic heterocycles. The summed E-state index contributed by atoms with van der Waals surface area (Å²) < 4.78 is 0. The molecule has 0 atom stereocenters. The molecule has 1 aromatic rings. The summed E-state index contributed by atoms with van der Waals surface area (Å²) in [6.45, 7) is 3.72. The smallest absolute Gasteiger partial charge is 0.358 e. The standard InChI is InChI=1S/C11H13N3O4/c1-7(2)5-10(15)13-11(16)8-3-4-9(12-6-8)14(17)18/h3-4,6-7H,5H2,1-2H3,(H,13,15,16). The van der Waals surface area contributed by atoms with Gasteiger partial charge in [0.2, 0.25) is 5.91 Å². The Bertz CT molecular complexity index is 468. The van der Waals surface area contributed by atoms with E-state index in [2.05, 4.69) is 10.3 Å². The van der Waals surface area contributed by atoms with Crippen LogP contribution in [0.15, 0.2) is 18.3 Å². The summed E-state index contributed by atoms with van der Waals surface area (Å²) in [5.41, 5.74) is 0.109. The number of nitrogens with zero attached hydrogens (tertiary/aromatic N) is 2. The fraction of sp³-hybridized carbons (Fsp3) is 0.364. The molecule has 2 amide bonds. The van der Waals surface area contributed by atoms with Gasteiger partial charge in [-0.05, 0) is 21.9 Å². The lowest BCUT2D eigenvalue weighted by atomic mass is 10.1. The molecule has 18 heavy (non-hydrogen) atoms. The van der Waals surface area contributed by atoms with Crippen LogP contribution in [-0.2, 0) is 4.79 Å². The highest BCUT2D eigenvalue weighted by atomic mass is 16.6. The molecular weight excluding hydrogens is 238 g/mol. The second-order valence-corrected chi connectivity index (χ2v) is 4.14. The number of hydrogen-bond donors (Lipinski definition) is 1. The minimum atomic E-state index is -0.661. The zero-order chi connectivity index (χ0) is 13.7. The molecule has 0 radical (unpaired) electrons. The Labute approximate surface area is 103 Å². The van der Waals surface area contributed by atoms with Crippen molar-refractivity contribution in [2.24, 2.45) is 5.92 Å². The van der Waals surface area contributed by atoms with Gasteiger partial charge in [0.15, 0.2) is 6.20 Å². The van der Waals surface area contributed by atoms with Crippen molar-refractivity contribution in [2.75, 3.05) is 0 Å². The molecule has 7 heteroatoms. The maximum absolute atomic E-state index is 11.6. The van der Waals surface area contributed by atoms with E-state index in [-0.39, 0.29) is 29.6 Å². The SMILES string of the molecule is CC(C)CC(=O)NC(=O)c1ccc([N+](=O)[O-])nc1. The van der Waals surface area contributed by atoms with Crippen LogP contribution in [-0.4, -0.2) is 21.7 Å². The highest BCUT2D eigenvalue weighted by Crippen LogP contribution is 2.07. The number of imide groups is 1. The van der Waals surface area contributed by atoms with Crippen LogP contribution < -0.4 is 5.32 Å². The van der Waals surface area contributed by atoms with Crippen molar-refractivity contribution in [1.29, 1.82) is 0 Å². The first-order valence-electron chi connectivity index (χ1n) is 5.34. The molecule has 1 N–H and O–H groups in total. The van der Waals surface area contributed by atoms with Crippen molar-refractivity contribution >= 4 is 17.6 Å². The lowest BCUT2D eigenvalue weighted by Crippen LogP contribution is -2.31. The van der Waals surface area contributed by atoms with Crippen LogP contribution in [0.2, 0.25) is 0 Å². The average molecular weight is 251 g/mol. The van der Waals surface area contributed by atoms with E-state index in [0.29, 0.717) is 0 Å². The van der Waals surface area contributed by atoms with Crippen LogP contribution in [0.1, 0.15) is 30.6 Å². The maximum atomic E-state index is 11.6. The van der Waals surface area contributed by atoms with E-state index >= 15 is 0 Å². The van der Waals surface area contributed by atoms with Crippen molar-refractivity contribution in [3.8, 4) is 0 Å². The number of amides is 2. The Morgan fingerprint density at radius 1 is 1.44 bits per heavy atom. The maximum Gasteiger partial charge on any atom is 0.363 e. The van der Waals surface area contributed by atoms with E-state index in [1.807, 2.05) is 13.8 Å². The summed E-state index contributed by atoms with van der Waals surface area (Å²) in [7, 11) is 0. The number of pyridine rings is 1. The van der Waals surface area contributed by atoms with Gasteiger partial charge in [0.05, 0.1) is 5.56 Å². The van der Waals surface area contributed by atoms with Gasteiger partial charge in [-0.15, -0.1) is 0 Å². The summed E-state index contributed by atoms with van der Waals surface area (Å²) in [4.78, 5) is 36.1. The summed E-state index contributed by atoms with van der Waals surface area (Å²) in [6, 6.07) is 2.37. The lowest BCUT2D eigenvalue weighted by Gasteiger charge is -2.05. The highest BCUT2D eigenvalue weighted by molar-refractivity contribution is 6.04. The molecule has 0 fully saturated rings. The Balaban J connectivity index is 2.67. The first kappa shape index (κ1) is 13.8. The Kier molecular flexibility index (Phi) is 4.47. The van der Waals surface area contributed by atoms with E-state index < -0.39 is 10.8 Å². The van der Waals surface area contributed by atoms with Crippen molar-refractivity contribution in [1.82, 2.24) is 10.3 Å². The second kappa shape index (κ2) is 5.85. The minimum absolute atomic E-state index is 0.109. The predicted molar refractivity (Wildman–Crippen MR) is 62.8 cm³/mol. The minimum Gasteiger partial charge on any atom is -0.358 e. The molecule has 0 spiro atoms. The molecule has 0 saturated heterocycles. The van der Waals surface area contributed by atoms with Crippen LogP contribution in [0, 0.1) is 16.0 Å². The second-order valence-electron chi connectivity index (χ2n) is 4.14. The van der Waals surface area contributed by atoms with Gasteiger partial charge in [-0.25, -0.2) is 0 Å². The molecule has 7 nitrogen and oxygen atoms in total. The predicted octanol–water partition coefficient (Wildman–Crippen LogP) is 1.29. The van der Waals surface area contributed by atoms with Crippen LogP contribution in [0.5, 0.6) is 0 Å². The van der Waals surface area contributed by atoms with E-state index in [0.717, 1.165) is 12.3 Å². The van der Waals surface area contributed by atoms with Gasteiger partial charge >= 0.3 is 5.82 Å². The molecule has 0 saturated carbocycles. The molecule has 1 heterocycles. The topological polar surface area (TPSA) is 102 Å². The molecular formula is C11H13N3O4. The summed E-state index contributed by atoms with van der Waals surface area (Å²) in [5.74, 6) is -1.19. The molecule has 0 bridgehead atoms. The van der Waals surface area contributed by atoms with Gasteiger partial charge in [-0.2, -0.15) is 0 Å². The molecule has 0 aliphatic rings. The third-order valence-electron chi connectivity index (χ3n) is 2.04. The summed E-state index contributed by atoms with van der Waals surface area (Å²) in [6.07, 6.45) is 1.31. The molecule has 0 aromatic carbocycles. The Morgan fingerprint density at radius 3 is 2.56 bits per heavy atom. The first-order valence-corrected chi connectivity index (χ1v) is 5.34. The van der Waals surface area contributed by atoms with Crippen LogP contribution >= 0.6 is 0 Å². The fourth-order valence-corrected chi connectivity index (χ4v) is 1.25. The third kappa shape index (κ3) is 3.93. The van der Waals surface area contributed by atoms with E-state index in [4.69, 9.17) is 0 Å². The third-order valence-corrected chi connectivity index (χ3v) is 2.04. The largest absolute Gasteiger partial charge is 0.363 e. The number of carbonyl (C=O) groups is 2. The molecule has 0 unspecified atom stereocenters. The fourth-order valence-electron chi connectivity index (χ4n) is 1.25. The number of carbonyl (C=O) groups excluding carboxylic acids is 2. The van der Waals surface area contributed by atoms with Crippen LogP contribution in [0.4, 0.5) is 5.82 Å². The van der Waals surface area contributed by atoms with Gasteiger partial charge in [-0.3, -0.25) is 14.9 Å². The van der Waals surface area contributed by atoms with E-state index in [1.165, 1.54) is 6.07 Å². The monoisotopic (exact) mass is 251 g/mol. The van der Waals surface area contributed by atoms with Gasteiger partial charge in [0.1, 0.15) is 0 Å². The van der Waals surface area contributed by atoms with Crippen molar-refractivity contribution in [3.05, 3.63) is 34.0 Å². The number of nitro groups is 1. The average Bonchev–Trinajstić information content (AvgIpc) is 2.27. The van der Waals surface area contributed by atoms with Crippen LogP contribution in [0.25, 0.3) is 0 Å². The van der Waals surface area contributed by atoms with Crippen LogP contribution in [0.3, 0.4) is 0 Å². The number of rotatable bonds is 4. The van der Waals surface area contributed by atoms with Crippen molar-refractivity contribution < 1.29 is 14.5 Å². The summed E-state index contributed by atoms with van der Waals surface area (Å²) >= 11 is 0. The lowest BCUT2D eigenvalue weighted by molar-refractivity contribution is -0.389. The van der Waals surface area contributed by atoms with Gasteiger partial charge in [-0.1, -0.05) is 13.8 Å². The summed E-state index contributed by atoms with van der Waals surface area (Å²) in [5, 5.41) is 12.6. The zero-order valence-corrected chi connectivity index (χ0v) is 10.0. The first-order chi connectivity index (χ1) is 8.40. The Morgan fingerprint density at radius 2 is 2.11 bits per heavy atom. The quantitative estimate of drug-likeness (QED) is 0.641. The van der Waals surface area contributed by atoms with Gasteiger partial charge < -0.3 is 10.1 Å². The highest BCUT2D eigenvalue weighted by Gasteiger charge is 2.14. The number of nitrogens with one attached hydrogen (secondary N) is 1. The molecule has 96 valence electrons. The number of aromatic nitrogens is 1. The van der Waals surface area contributed by atoms with Gasteiger partial charge in [0.25, 0.3) is 5.91 Å². The van der Waals surface area contributed by atoms with Gasteiger partial charge in [0, 0.05) is 12.5 Å². The van der Waals surface area contributed by atoms with Crippen molar-refractivity contribution in [3.63, 3.8) is 0 Å². The van der Waals surface area contributed by atoms with E-state index in [9.17, 15) is 19.7 Å². The molecule has 0 aliphatic heterocycles. The molecule has 0 aliphatic carbocycles. The number of hydrogen-bond acceptors (Lipinski definition) is 5. The zero-order valence-electron chi connectivity index (χ0n) is 10.0. The Hall–Kier alpha value is -2.31. The van der Waals surface area contributed by atoms with E-state index in [1.54, 1.807) is 0 Å². The molecule has 1 rings (SSSR count).